The van der Waals surface area contributed by atoms with Gasteiger partial charge in [-0.25, -0.2) is 0 Å². The van der Waals surface area contributed by atoms with E-state index in [4.69, 9.17) is 14.0 Å². The summed E-state index contributed by atoms with van der Waals surface area (Å²) >= 11 is 0. The van der Waals surface area contributed by atoms with Gasteiger partial charge in [0.25, 0.3) is 5.91 Å². The van der Waals surface area contributed by atoms with Crippen molar-refractivity contribution in [3.8, 4) is 11.5 Å². The van der Waals surface area contributed by atoms with Crippen molar-refractivity contribution in [2.45, 2.75) is 13.5 Å². The molecular formula is C17H19N3O4. The minimum absolute atomic E-state index is 0.0326. The van der Waals surface area contributed by atoms with Crippen LogP contribution in [0, 0.1) is 6.92 Å². The number of nitrogens with zero attached hydrogens (tertiary/aromatic N) is 3. The van der Waals surface area contributed by atoms with Crippen molar-refractivity contribution in [1.29, 1.82) is 0 Å². The molecule has 7 nitrogen and oxygen atoms in total. The van der Waals surface area contributed by atoms with Gasteiger partial charge in [0.1, 0.15) is 5.76 Å². The van der Waals surface area contributed by atoms with Crippen LogP contribution in [-0.4, -0.2) is 53.8 Å². The zero-order chi connectivity index (χ0) is 16.5. The molecule has 0 atom stereocenters. The average Bonchev–Trinajstić information content (AvgIpc) is 3.23. The van der Waals surface area contributed by atoms with E-state index in [1.165, 1.54) is 0 Å². The van der Waals surface area contributed by atoms with Gasteiger partial charge in [-0.3, -0.25) is 9.69 Å². The first-order valence-corrected chi connectivity index (χ1v) is 8.02. The van der Waals surface area contributed by atoms with E-state index in [0.29, 0.717) is 30.2 Å². The molecule has 24 heavy (non-hydrogen) atoms. The molecule has 0 spiro atoms. The maximum absolute atomic E-state index is 12.7. The number of fused-ring (bicyclic) bond motifs is 1. The summed E-state index contributed by atoms with van der Waals surface area (Å²) in [5.74, 6) is 2.19. The number of hydrogen-bond donors (Lipinski definition) is 0. The minimum atomic E-state index is 0.0326. The predicted molar refractivity (Wildman–Crippen MR) is 85.0 cm³/mol. The number of rotatable bonds is 3. The van der Waals surface area contributed by atoms with E-state index in [0.717, 1.165) is 31.1 Å². The number of hydrogen-bond acceptors (Lipinski definition) is 6. The van der Waals surface area contributed by atoms with Crippen LogP contribution in [0.15, 0.2) is 28.8 Å². The molecule has 4 rings (SSSR count). The number of ether oxygens (including phenoxy) is 2. The average molecular weight is 329 g/mol. The summed E-state index contributed by atoms with van der Waals surface area (Å²) in [6, 6.07) is 7.29. The highest BCUT2D eigenvalue weighted by Crippen LogP contribution is 2.32. The Morgan fingerprint density at radius 2 is 1.92 bits per heavy atom. The van der Waals surface area contributed by atoms with Gasteiger partial charge in [-0.1, -0.05) is 5.16 Å². The highest BCUT2D eigenvalue weighted by Gasteiger charge is 2.24. The van der Waals surface area contributed by atoms with Crippen molar-refractivity contribution in [2.24, 2.45) is 0 Å². The zero-order valence-electron chi connectivity index (χ0n) is 13.5. The number of benzene rings is 1. The lowest BCUT2D eigenvalue weighted by molar-refractivity contribution is 0.0625. The van der Waals surface area contributed by atoms with Crippen molar-refractivity contribution in [1.82, 2.24) is 15.0 Å². The second kappa shape index (κ2) is 6.16. The standard InChI is InChI=1S/C17H19N3O4/c1-12-8-14(18-24-12)10-19-4-6-20(7-5-19)17(21)13-2-3-15-16(9-13)23-11-22-15/h2-3,8-9H,4-7,10-11H2,1H3. The maximum Gasteiger partial charge on any atom is 0.254 e. The van der Waals surface area contributed by atoms with Gasteiger partial charge < -0.3 is 18.9 Å². The van der Waals surface area contributed by atoms with Crippen molar-refractivity contribution in [2.75, 3.05) is 33.0 Å². The topological polar surface area (TPSA) is 68.0 Å². The first-order chi connectivity index (χ1) is 11.7. The van der Waals surface area contributed by atoms with E-state index in [-0.39, 0.29) is 12.7 Å². The Labute approximate surface area is 139 Å². The molecule has 0 saturated carbocycles. The van der Waals surface area contributed by atoms with E-state index in [2.05, 4.69) is 10.1 Å². The molecule has 1 aromatic carbocycles. The third-order valence-corrected chi connectivity index (χ3v) is 4.34. The molecule has 0 N–H and O–H groups in total. The van der Waals surface area contributed by atoms with Crippen LogP contribution >= 0.6 is 0 Å². The van der Waals surface area contributed by atoms with Gasteiger partial charge >= 0.3 is 0 Å². The first-order valence-electron chi connectivity index (χ1n) is 8.02. The lowest BCUT2D eigenvalue weighted by atomic mass is 10.1. The van der Waals surface area contributed by atoms with Gasteiger partial charge in [0.2, 0.25) is 6.79 Å². The molecule has 1 fully saturated rings. The molecule has 1 amide bonds. The monoisotopic (exact) mass is 329 g/mol. The molecule has 0 aliphatic carbocycles. The molecule has 7 heteroatoms. The van der Waals surface area contributed by atoms with Crippen LogP contribution in [0.4, 0.5) is 0 Å². The summed E-state index contributed by atoms with van der Waals surface area (Å²) in [4.78, 5) is 16.8. The fraction of sp³-hybridized carbons (Fsp3) is 0.412. The van der Waals surface area contributed by atoms with Crippen molar-refractivity contribution < 1.29 is 18.8 Å². The molecule has 2 aromatic rings. The number of aromatic nitrogens is 1. The molecule has 1 aromatic heterocycles. The Morgan fingerprint density at radius 1 is 1.12 bits per heavy atom. The van der Waals surface area contributed by atoms with Crippen molar-refractivity contribution in [3.05, 3.63) is 41.3 Å². The first kappa shape index (κ1) is 15.0. The van der Waals surface area contributed by atoms with Gasteiger partial charge in [-0.15, -0.1) is 0 Å². The summed E-state index contributed by atoms with van der Waals surface area (Å²) in [6.45, 7) is 5.90. The van der Waals surface area contributed by atoms with E-state index >= 15 is 0 Å². The maximum atomic E-state index is 12.7. The van der Waals surface area contributed by atoms with Crippen LogP contribution in [-0.2, 0) is 6.54 Å². The van der Waals surface area contributed by atoms with E-state index in [1.807, 2.05) is 17.9 Å². The van der Waals surface area contributed by atoms with E-state index in [1.54, 1.807) is 18.2 Å². The Balaban J connectivity index is 1.36. The minimum Gasteiger partial charge on any atom is -0.454 e. The van der Waals surface area contributed by atoms with Crippen LogP contribution in [0.2, 0.25) is 0 Å². The van der Waals surface area contributed by atoms with Crippen LogP contribution in [0.5, 0.6) is 11.5 Å². The second-order valence-electron chi connectivity index (χ2n) is 6.07. The Hall–Kier alpha value is -2.54. The largest absolute Gasteiger partial charge is 0.454 e. The second-order valence-corrected chi connectivity index (χ2v) is 6.07. The summed E-state index contributed by atoms with van der Waals surface area (Å²) in [5.41, 5.74) is 1.57. The fourth-order valence-electron chi connectivity index (χ4n) is 3.04. The highest BCUT2D eigenvalue weighted by molar-refractivity contribution is 5.95. The van der Waals surface area contributed by atoms with Crippen LogP contribution in [0.1, 0.15) is 21.8 Å². The number of aryl methyl sites for hydroxylation is 1. The van der Waals surface area contributed by atoms with E-state index in [9.17, 15) is 4.79 Å². The molecule has 126 valence electrons. The molecule has 0 radical (unpaired) electrons. The molecule has 2 aliphatic heterocycles. The number of carbonyl (C=O) groups excluding carboxylic acids is 1. The highest BCUT2D eigenvalue weighted by atomic mass is 16.7. The van der Waals surface area contributed by atoms with Crippen molar-refractivity contribution in [3.63, 3.8) is 0 Å². The summed E-state index contributed by atoms with van der Waals surface area (Å²) in [6.07, 6.45) is 0. The Bertz CT molecular complexity index is 750. The van der Waals surface area contributed by atoms with Crippen LogP contribution in [0.3, 0.4) is 0 Å². The zero-order valence-corrected chi connectivity index (χ0v) is 13.5. The van der Waals surface area contributed by atoms with E-state index < -0.39 is 0 Å². The fourth-order valence-corrected chi connectivity index (χ4v) is 3.04. The van der Waals surface area contributed by atoms with Crippen molar-refractivity contribution >= 4 is 5.91 Å². The third kappa shape index (κ3) is 2.94. The molecule has 1 saturated heterocycles. The predicted octanol–water partition coefficient (Wildman–Crippen LogP) is 1.67. The van der Waals surface area contributed by atoms with Gasteiger partial charge in [0.05, 0.1) is 5.69 Å². The number of carbonyl (C=O) groups is 1. The molecule has 0 unspecified atom stereocenters. The summed E-state index contributed by atoms with van der Waals surface area (Å²) in [7, 11) is 0. The number of amides is 1. The molecule has 2 aliphatic rings. The SMILES string of the molecule is Cc1cc(CN2CCN(C(=O)c3ccc4c(c3)OCO4)CC2)no1. The van der Waals surface area contributed by atoms with Crippen LogP contribution < -0.4 is 9.47 Å². The van der Waals surface area contributed by atoms with Gasteiger partial charge in [-0.2, -0.15) is 0 Å². The smallest absolute Gasteiger partial charge is 0.254 e. The third-order valence-electron chi connectivity index (χ3n) is 4.34. The summed E-state index contributed by atoms with van der Waals surface area (Å²) in [5, 5.41) is 4.02. The molecular weight excluding hydrogens is 310 g/mol. The normalized spacial score (nSPS) is 17.3. The molecule has 0 bridgehead atoms. The lowest BCUT2D eigenvalue weighted by Crippen LogP contribution is -2.48. The number of piperazine rings is 1. The van der Waals surface area contributed by atoms with Gasteiger partial charge in [-0.05, 0) is 25.1 Å². The lowest BCUT2D eigenvalue weighted by Gasteiger charge is -2.34. The van der Waals surface area contributed by atoms with Crippen LogP contribution in [0.25, 0.3) is 0 Å². The molecule has 3 heterocycles. The Kier molecular flexibility index (Phi) is 3.86. The quantitative estimate of drug-likeness (QED) is 0.853. The summed E-state index contributed by atoms with van der Waals surface area (Å²) < 4.78 is 15.7. The van der Waals surface area contributed by atoms with Gasteiger partial charge in [0, 0.05) is 44.4 Å². The van der Waals surface area contributed by atoms with Gasteiger partial charge in [0.15, 0.2) is 11.5 Å². The Morgan fingerprint density at radius 3 is 2.67 bits per heavy atom.